The summed E-state index contributed by atoms with van der Waals surface area (Å²) in [7, 11) is 0. The second-order valence-electron chi connectivity index (χ2n) is 3.02. The van der Waals surface area contributed by atoms with Gasteiger partial charge in [-0.3, -0.25) is 4.79 Å². The Morgan fingerprint density at radius 3 is 2.50 bits per heavy atom. The number of ether oxygens (including phenoxy) is 1. The minimum Gasteiger partial charge on any atom is -0.464 e. The molecule has 0 amide bonds. The molecular weight excluding hydrogens is 158 g/mol. The maximum atomic E-state index is 11.1. The third kappa shape index (κ3) is 3.69. The van der Waals surface area contributed by atoms with E-state index in [1.807, 2.05) is 26.3 Å². The first kappa shape index (κ1) is 11.4. The number of nitrogens with one attached hydrogen (secondary N) is 1. The van der Waals surface area contributed by atoms with Crippen LogP contribution in [0.15, 0.2) is 0 Å². The molecular formula is C8H17NO3. The number of carbonyl (C=O) groups is 1. The molecule has 0 aromatic rings. The average Bonchev–Trinajstić information content (AvgIpc) is 2.01. The molecule has 0 fully saturated rings. The summed E-state index contributed by atoms with van der Waals surface area (Å²) in [4.78, 5) is 11.1. The van der Waals surface area contributed by atoms with Gasteiger partial charge in [-0.15, -0.1) is 0 Å². The second kappa shape index (κ2) is 5.97. The predicted octanol–water partition coefficient (Wildman–Crippen LogP) is 0.943. The van der Waals surface area contributed by atoms with Crippen LogP contribution in [0, 0.1) is 5.92 Å². The number of carbonyl (C=O) groups excluding carboxylic acids is 1. The number of rotatable bonds is 5. The fourth-order valence-corrected chi connectivity index (χ4v) is 0.766. The first-order valence-electron chi connectivity index (χ1n) is 4.19. The van der Waals surface area contributed by atoms with Crippen LogP contribution in [-0.4, -0.2) is 23.8 Å². The predicted molar refractivity (Wildman–Crippen MR) is 44.8 cm³/mol. The molecule has 0 saturated carbocycles. The van der Waals surface area contributed by atoms with Crippen molar-refractivity contribution in [1.29, 1.82) is 0 Å². The summed E-state index contributed by atoms with van der Waals surface area (Å²) in [6.07, 6.45) is 0.794. The fraction of sp³-hybridized carbons (Fsp3) is 0.875. The highest BCUT2D eigenvalue weighted by Crippen LogP contribution is 2.02. The van der Waals surface area contributed by atoms with E-state index in [-0.39, 0.29) is 5.92 Å². The molecule has 0 radical (unpaired) electrons. The van der Waals surface area contributed by atoms with E-state index in [9.17, 15) is 4.79 Å². The van der Waals surface area contributed by atoms with Gasteiger partial charge in [0.25, 0.3) is 0 Å². The second-order valence-corrected chi connectivity index (χ2v) is 3.02. The Balaban J connectivity index is 3.86. The lowest BCUT2D eigenvalue weighted by Crippen LogP contribution is -2.40. The summed E-state index contributed by atoms with van der Waals surface area (Å²) in [5.74, 6) is -0.367. The van der Waals surface area contributed by atoms with Gasteiger partial charge < -0.3 is 9.94 Å². The quantitative estimate of drug-likeness (QED) is 0.482. The lowest BCUT2D eigenvalue weighted by molar-refractivity contribution is -0.150. The standard InChI is InChI=1S/C8H17NO3/c1-4-5-12-8(10)7(9-11)6(2)3/h6-7,9,11H,4-5H2,1-3H3/t7-/m0/s1. The molecule has 0 aliphatic rings. The lowest BCUT2D eigenvalue weighted by Gasteiger charge is -2.16. The van der Waals surface area contributed by atoms with Crippen LogP contribution < -0.4 is 5.48 Å². The van der Waals surface area contributed by atoms with E-state index in [0.717, 1.165) is 6.42 Å². The monoisotopic (exact) mass is 175 g/mol. The van der Waals surface area contributed by atoms with Gasteiger partial charge in [-0.05, 0) is 12.3 Å². The van der Waals surface area contributed by atoms with Crippen molar-refractivity contribution in [1.82, 2.24) is 5.48 Å². The number of hydrogen-bond acceptors (Lipinski definition) is 4. The normalized spacial score (nSPS) is 13.1. The fourth-order valence-electron chi connectivity index (χ4n) is 0.766. The Morgan fingerprint density at radius 2 is 2.17 bits per heavy atom. The SMILES string of the molecule is CCCOC(=O)[C@@H](NO)C(C)C. The van der Waals surface area contributed by atoms with Gasteiger partial charge >= 0.3 is 5.97 Å². The molecule has 4 nitrogen and oxygen atoms in total. The van der Waals surface area contributed by atoms with Crippen molar-refractivity contribution in [2.45, 2.75) is 33.2 Å². The van der Waals surface area contributed by atoms with Crippen LogP contribution in [0.1, 0.15) is 27.2 Å². The van der Waals surface area contributed by atoms with Gasteiger partial charge in [0, 0.05) is 0 Å². The van der Waals surface area contributed by atoms with Crippen LogP contribution in [-0.2, 0) is 9.53 Å². The molecule has 0 rings (SSSR count). The molecule has 0 heterocycles. The molecule has 12 heavy (non-hydrogen) atoms. The van der Waals surface area contributed by atoms with Gasteiger partial charge in [0.1, 0.15) is 6.04 Å². The Labute approximate surface area is 72.9 Å². The number of hydrogen-bond donors (Lipinski definition) is 2. The van der Waals surface area contributed by atoms with E-state index < -0.39 is 12.0 Å². The zero-order chi connectivity index (χ0) is 9.56. The minimum atomic E-state index is -0.614. The van der Waals surface area contributed by atoms with Crippen molar-refractivity contribution in [2.75, 3.05) is 6.61 Å². The van der Waals surface area contributed by atoms with Crippen LogP contribution >= 0.6 is 0 Å². The van der Waals surface area contributed by atoms with Gasteiger partial charge in [-0.25, -0.2) is 0 Å². The van der Waals surface area contributed by atoms with Gasteiger partial charge in [0.2, 0.25) is 0 Å². The summed E-state index contributed by atoms with van der Waals surface area (Å²) in [6, 6.07) is -0.614. The summed E-state index contributed by atoms with van der Waals surface area (Å²) < 4.78 is 4.84. The third-order valence-corrected chi connectivity index (χ3v) is 1.51. The van der Waals surface area contributed by atoms with Crippen molar-refractivity contribution in [3.63, 3.8) is 0 Å². The van der Waals surface area contributed by atoms with Crippen molar-refractivity contribution in [2.24, 2.45) is 5.92 Å². The van der Waals surface area contributed by atoms with E-state index >= 15 is 0 Å². The molecule has 4 heteroatoms. The zero-order valence-electron chi connectivity index (χ0n) is 7.83. The third-order valence-electron chi connectivity index (χ3n) is 1.51. The summed E-state index contributed by atoms with van der Waals surface area (Å²) in [6.45, 7) is 6.00. The number of esters is 1. The molecule has 0 saturated heterocycles. The molecule has 0 bridgehead atoms. The Bertz CT molecular complexity index is 136. The Kier molecular flexibility index (Phi) is 5.66. The Morgan fingerprint density at radius 1 is 1.58 bits per heavy atom. The first-order valence-corrected chi connectivity index (χ1v) is 4.19. The molecule has 0 aliphatic heterocycles. The van der Waals surface area contributed by atoms with Crippen molar-refractivity contribution < 1.29 is 14.7 Å². The van der Waals surface area contributed by atoms with Gasteiger partial charge in [0.05, 0.1) is 6.61 Å². The summed E-state index contributed by atoms with van der Waals surface area (Å²) in [5.41, 5.74) is 1.94. The highest BCUT2D eigenvalue weighted by molar-refractivity contribution is 5.75. The maximum absolute atomic E-state index is 11.1. The first-order chi connectivity index (χ1) is 5.63. The van der Waals surface area contributed by atoms with Crippen LogP contribution in [0.3, 0.4) is 0 Å². The van der Waals surface area contributed by atoms with Gasteiger partial charge in [-0.2, -0.15) is 5.48 Å². The van der Waals surface area contributed by atoms with Gasteiger partial charge in [0.15, 0.2) is 0 Å². The van der Waals surface area contributed by atoms with E-state index in [1.165, 1.54) is 0 Å². The minimum absolute atomic E-state index is 0.0272. The van der Waals surface area contributed by atoms with Crippen LogP contribution in [0.2, 0.25) is 0 Å². The average molecular weight is 175 g/mol. The number of hydroxylamine groups is 1. The molecule has 0 unspecified atom stereocenters. The molecule has 72 valence electrons. The van der Waals surface area contributed by atoms with E-state index in [1.54, 1.807) is 0 Å². The van der Waals surface area contributed by atoms with E-state index in [2.05, 4.69) is 0 Å². The highest BCUT2D eigenvalue weighted by atomic mass is 16.5. The molecule has 1 atom stereocenters. The largest absolute Gasteiger partial charge is 0.464 e. The molecule has 2 N–H and O–H groups in total. The zero-order valence-corrected chi connectivity index (χ0v) is 7.83. The maximum Gasteiger partial charge on any atom is 0.325 e. The van der Waals surface area contributed by atoms with Crippen molar-refractivity contribution in [3.8, 4) is 0 Å². The molecule has 0 aliphatic carbocycles. The summed E-state index contributed by atoms with van der Waals surface area (Å²) >= 11 is 0. The van der Waals surface area contributed by atoms with Crippen LogP contribution in [0.25, 0.3) is 0 Å². The van der Waals surface area contributed by atoms with E-state index in [0.29, 0.717) is 6.61 Å². The van der Waals surface area contributed by atoms with Gasteiger partial charge in [-0.1, -0.05) is 20.8 Å². The smallest absolute Gasteiger partial charge is 0.325 e. The topological polar surface area (TPSA) is 58.6 Å². The highest BCUT2D eigenvalue weighted by Gasteiger charge is 2.22. The van der Waals surface area contributed by atoms with Crippen molar-refractivity contribution in [3.05, 3.63) is 0 Å². The molecule has 0 aromatic heterocycles. The van der Waals surface area contributed by atoms with Crippen LogP contribution in [0.4, 0.5) is 0 Å². The van der Waals surface area contributed by atoms with Crippen molar-refractivity contribution >= 4 is 5.97 Å². The lowest BCUT2D eigenvalue weighted by atomic mass is 10.1. The summed E-state index contributed by atoms with van der Waals surface area (Å²) in [5, 5.41) is 8.62. The molecule has 0 aromatic carbocycles. The van der Waals surface area contributed by atoms with Crippen LogP contribution in [0.5, 0.6) is 0 Å². The molecule has 0 spiro atoms. The Hall–Kier alpha value is -0.610. The van der Waals surface area contributed by atoms with E-state index in [4.69, 9.17) is 9.94 Å².